The van der Waals surface area contributed by atoms with Gasteiger partial charge < -0.3 is 0 Å². The maximum absolute atomic E-state index is 13.0. The van der Waals surface area contributed by atoms with Gasteiger partial charge in [-0.2, -0.15) is 0 Å². The summed E-state index contributed by atoms with van der Waals surface area (Å²) < 4.78 is 27.1. The van der Waals surface area contributed by atoms with E-state index >= 15 is 0 Å². The summed E-state index contributed by atoms with van der Waals surface area (Å²) in [6.07, 6.45) is 1.66. The quantitative estimate of drug-likeness (QED) is 0.795. The molecule has 0 N–H and O–H groups in total. The molecule has 2 aromatic rings. The first-order chi connectivity index (χ1) is 7.58. The van der Waals surface area contributed by atoms with Gasteiger partial charge in [0.1, 0.15) is 0 Å². The van der Waals surface area contributed by atoms with Crippen LogP contribution in [0.1, 0.15) is 17.4 Å². The van der Waals surface area contributed by atoms with Gasteiger partial charge in [-0.15, -0.1) is 5.10 Å². The summed E-state index contributed by atoms with van der Waals surface area (Å²) in [7, 11) is 0. The highest BCUT2D eigenvalue weighted by Gasteiger charge is 2.09. The summed E-state index contributed by atoms with van der Waals surface area (Å²) in [5.41, 5.74) is 1.16. The summed E-state index contributed by atoms with van der Waals surface area (Å²) in [5, 5.41) is 7.72. The lowest BCUT2D eigenvalue weighted by atomic mass is 10.3. The van der Waals surface area contributed by atoms with Crippen molar-refractivity contribution in [2.24, 2.45) is 0 Å². The van der Waals surface area contributed by atoms with Crippen LogP contribution in [0.15, 0.2) is 24.4 Å². The lowest BCUT2D eigenvalue weighted by molar-refractivity contribution is 0.507. The minimum Gasteiger partial charge on any atom is -0.220 e. The Morgan fingerprint density at radius 1 is 1.31 bits per heavy atom. The topological polar surface area (TPSA) is 30.7 Å². The molecule has 0 aliphatic carbocycles. The molecule has 0 aliphatic rings. The second-order valence-corrected chi connectivity index (χ2v) is 4.68. The molecule has 6 heteroatoms. The van der Waals surface area contributed by atoms with Crippen LogP contribution < -0.4 is 0 Å². The first kappa shape index (κ1) is 11.2. The molecule has 1 aromatic carbocycles. The molecular formula is C10H8BrF2N3. The number of rotatable bonds is 2. The molecule has 0 saturated heterocycles. The molecule has 0 amide bonds. The molecule has 0 bridgehead atoms. The number of benzene rings is 1. The third-order valence-corrected chi connectivity index (χ3v) is 2.56. The van der Waals surface area contributed by atoms with Crippen molar-refractivity contribution in [3.8, 4) is 5.69 Å². The summed E-state index contributed by atoms with van der Waals surface area (Å²) >= 11 is 3.34. The van der Waals surface area contributed by atoms with Crippen molar-refractivity contribution in [3.05, 3.63) is 41.7 Å². The van der Waals surface area contributed by atoms with Crippen molar-refractivity contribution >= 4 is 15.9 Å². The van der Waals surface area contributed by atoms with Gasteiger partial charge in [0.05, 0.1) is 22.4 Å². The van der Waals surface area contributed by atoms with Crippen molar-refractivity contribution in [2.75, 3.05) is 0 Å². The van der Waals surface area contributed by atoms with E-state index in [1.54, 1.807) is 6.20 Å². The van der Waals surface area contributed by atoms with E-state index in [1.165, 1.54) is 10.7 Å². The monoisotopic (exact) mass is 287 g/mol. The van der Waals surface area contributed by atoms with Gasteiger partial charge in [0.25, 0.3) is 0 Å². The van der Waals surface area contributed by atoms with Crippen molar-refractivity contribution in [2.45, 2.75) is 11.8 Å². The molecule has 1 unspecified atom stereocenters. The Bertz CT molecular complexity index is 511. The first-order valence-corrected chi connectivity index (χ1v) is 5.51. The lowest BCUT2D eigenvalue weighted by Crippen LogP contribution is -1.96. The minimum absolute atomic E-state index is 0.0616. The number of alkyl halides is 1. The van der Waals surface area contributed by atoms with E-state index in [4.69, 9.17) is 0 Å². The second-order valence-electron chi connectivity index (χ2n) is 3.30. The van der Waals surface area contributed by atoms with Crippen LogP contribution in [0.5, 0.6) is 0 Å². The van der Waals surface area contributed by atoms with E-state index in [0.717, 1.165) is 17.8 Å². The largest absolute Gasteiger partial charge is 0.220 e. The highest BCUT2D eigenvalue weighted by Crippen LogP contribution is 2.20. The van der Waals surface area contributed by atoms with Crippen molar-refractivity contribution < 1.29 is 8.78 Å². The van der Waals surface area contributed by atoms with Crippen LogP contribution in [-0.2, 0) is 0 Å². The fraction of sp³-hybridized carbons (Fsp3) is 0.200. The SMILES string of the molecule is CC(Br)c1cn(-c2ccc(F)c(F)c2)nn1. The van der Waals surface area contributed by atoms with Crippen LogP contribution in [0, 0.1) is 11.6 Å². The number of hydrogen-bond acceptors (Lipinski definition) is 2. The van der Waals surface area contributed by atoms with Gasteiger partial charge >= 0.3 is 0 Å². The average Bonchev–Trinajstić information content (AvgIpc) is 2.71. The summed E-state index contributed by atoms with van der Waals surface area (Å²) in [6, 6.07) is 3.58. The van der Waals surface area contributed by atoms with Crippen LogP contribution >= 0.6 is 15.9 Å². The Morgan fingerprint density at radius 3 is 2.62 bits per heavy atom. The van der Waals surface area contributed by atoms with E-state index in [2.05, 4.69) is 26.2 Å². The van der Waals surface area contributed by atoms with E-state index < -0.39 is 11.6 Å². The van der Waals surface area contributed by atoms with Crippen molar-refractivity contribution in [1.29, 1.82) is 0 Å². The standard InChI is InChI=1S/C10H8BrF2N3/c1-6(11)10-5-16(15-14-10)7-2-3-8(12)9(13)4-7/h2-6H,1H3. The predicted molar refractivity (Wildman–Crippen MR) is 58.6 cm³/mol. The molecule has 0 saturated carbocycles. The normalized spacial score (nSPS) is 12.8. The average molecular weight is 288 g/mol. The van der Waals surface area contributed by atoms with Crippen molar-refractivity contribution in [3.63, 3.8) is 0 Å². The molecule has 1 heterocycles. The predicted octanol–water partition coefficient (Wildman–Crippen LogP) is 3.00. The van der Waals surface area contributed by atoms with E-state index in [9.17, 15) is 8.78 Å². The summed E-state index contributed by atoms with van der Waals surface area (Å²) in [4.78, 5) is 0.0616. The van der Waals surface area contributed by atoms with Crippen LogP contribution in [0.2, 0.25) is 0 Å². The third-order valence-electron chi connectivity index (χ3n) is 2.09. The highest BCUT2D eigenvalue weighted by molar-refractivity contribution is 9.09. The number of halogens is 3. The maximum Gasteiger partial charge on any atom is 0.160 e. The van der Waals surface area contributed by atoms with E-state index in [1.807, 2.05) is 6.92 Å². The molecule has 0 aliphatic heterocycles. The first-order valence-electron chi connectivity index (χ1n) is 4.59. The van der Waals surface area contributed by atoms with Crippen LogP contribution in [0.25, 0.3) is 5.69 Å². The van der Waals surface area contributed by atoms with Gasteiger partial charge in [0.15, 0.2) is 11.6 Å². The molecule has 1 atom stereocenters. The fourth-order valence-electron chi connectivity index (χ4n) is 1.21. The number of aromatic nitrogens is 3. The van der Waals surface area contributed by atoms with E-state index in [0.29, 0.717) is 5.69 Å². The van der Waals surface area contributed by atoms with Crippen LogP contribution in [0.3, 0.4) is 0 Å². The zero-order valence-electron chi connectivity index (χ0n) is 8.36. The van der Waals surface area contributed by atoms with Crippen LogP contribution in [-0.4, -0.2) is 15.0 Å². The molecule has 16 heavy (non-hydrogen) atoms. The molecule has 84 valence electrons. The number of hydrogen-bond donors (Lipinski definition) is 0. The van der Waals surface area contributed by atoms with Gasteiger partial charge in [-0.3, -0.25) is 0 Å². The molecule has 0 fully saturated rings. The zero-order valence-corrected chi connectivity index (χ0v) is 9.95. The Hall–Kier alpha value is -1.30. The van der Waals surface area contributed by atoms with Gasteiger partial charge in [0.2, 0.25) is 0 Å². The van der Waals surface area contributed by atoms with Crippen LogP contribution in [0.4, 0.5) is 8.78 Å². The van der Waals surface area contributed by atoms with Gasteiger partial charge in [-0.1, -0.05) is 21.1 Å². The highest BCUT2D eigenvalue weighted by atomic mass is 79.9. The van der Waals surface area contributed by atoms with Gasteiger partial charge in [-0.25, -0.2) is 13.5 Å². The maximum atomic E-state index is 13.0. The van der Waals surface area contributed by atoms with Gasteiger partial charge in [-0.05, 0) is 19.1 Å². The number of nitrogens with zero attached hydrogens (tertiary/aromatic N) is 3. The molecular weight excluding hydrogens is 280 g/mol. The Kier molecular flexibility index (Phi) is 3.00. The zero-order chi connectivity index (χ0) is 11.7. The van der Waals surface area contributed by atoms with E-state index in [-0.39, 0.29) is 4.83 Å². The summed E-state index contributed by atoms with van der Waals surface area (Å²) in [6.45, 7) is 1.90. The third kappa shape index (κ3) is 2.11. The molecule has 0 spiro atoms. The lowest BCUT2D eigenvalue weighted by Gasteiger charge is -2.00. The van der Waals surface area contributed by atoms with Gasteiger partial charge in [0, 0.05) is 6.07 Å². The van der Waals surface area contributed by atoms with Crippen molar-refractivity contribution in [1.82, 2.24) is 15.0 Å². The summed E-state index contributed by atoms with van der Waals surface area (Å²) in [5.74, 6) is -1.78. The minimum atomic E-state index is -0.901. The Labute approximate surface area is 99.2 Å². The Morgan fingerprint density at radius 2 is 2.06 bits per heavy atom. The Balaban J connectivity index is 2.39. The smallest absolute Gasteiger partial charge is 0.160 e. The molecule has 1 aromatic heterocycles. The second kappa shape index (κ2) is 4.29. The molecule has 3 nitrogen and oxygen atoms in total. The molecule has 0 radical (unpaired) electrons. The molecule has 2 rings (SSSR count). The fourth-order valence-corrected chi connectivity index (χ4v) is 1.42.